The molecule has 2 aromatic carbocycles. The molecule has 0 saturated carbocycles. The SMILES string of the molecule is CCCOc1cccc(C(=O)NCCCN(C)CCCN(C)Cc2ccccc2)c1. The molecule has 5 heteroatoms. The first-order valence-electron chi connectivity index (χ1n) is 11.0. The average Bonchev–Trinajstić information content (AvgIpc) is 2.76. The summed E-state index contributed by atoms with van der Waals surface area (Å²) in [4.78, 5) is 17.0. The maximum absolute atomic E-state index is 12.3. The topological polar surface area (TPSA) is 44.8 Å². The predicted molar refractivity (Wildman–Crippen MR) is 124 cm³/mol. The van der Waals surface area contributed by atoms with E-state index in [0.29, 0.717) is 18.7 Å². The van der Waals surface area contributed by atoms with Gasteiger partial charge in [-0.05, 0) is 76.8 Å². The molecule has 0 aliphatic carbocycles. The van der Waals surface area contributed by atoms with Crippen molar-refractivity contribution in [1.82, 2.24) is 15.1 Å². The number of nitrogens with one attached hydrogen (secondary N) is 1. The van der Waals surface area contributed by atoms with E-state index < -0.39 is 0 Å². The zero-order valence-electron chi connectivity index (χ0n) is 18.8. The number of amides is 1. The van der Waals surface area contributed by atoms with Gasteiger partial charge < -0.3 is 19.9 Å². The minimum absolute atomic E-state index is 0.0397. The van der Waals surface area contributed by atoms with Crippen LogP contribution in [0.15, 0.2) is 54.6 Å². The van der Waals surface area contributed by atoms with Crippen LogP contribution in [-0.2, 0) is 6.54 Å². The summed E-state index contributed by atoms with van der Waals surface area (Å²) in [6.45, 7) is 7.51. The lowest BCUT2D eigenvalue weighted by Gasteiger charge is -2.20. The van der Waals surface area contributed by atoms with Gasteiger partial charge in [0.05, 0.1) is 6.61 Å². The van der Waals surface area contributed by atoms with Gasteiger partial charge in [0.25, 0.3) is 5.91 Å². The van der Waals surface area contributed by atoms with Crippen LogP contribution < -0.4 is 10.1 Å². The highest BCUT2D eigenvalue weighted by Gasteiger charge is 2.07. The van der Waals surface area contributed by atoms with Crippen molar-refractivity contribution >= 4 is 5.91 Å². The van der Waals surface area contributed by atoms with E-state index in [-0.39, 0.29) is 5.91 Å². The number of ether oxygens (including phenoxy) is 1. The molecule has 0 saturated heterocycles. The largest absolute Gasteiger partial charge is 0.494 e. The molecule has 1 N–H and O–H groups in total. The van der Waals surface area contributed by atoms with Crippen LogP contribution in [0.2, 0.25) is 0 Å². The van der Waals surface area contributed by atoms with E-state index in [4.69, 9.17) is 4.74 Å². The Kier molecular flexibility index (Phi) is 11.0. The summed E-state index contributed by atoms with van der Waals surface area (Å²) in [7, 11) is 4.32. The molecule has 0 aliphatic heterocycles. The van der Waals surface area contributed by atoms with Crippen molar-refractivity contribution in [2.45, 2.75) is 32.7 Å². The van der Waals surface area contributed by atoms with E-state index in [1.54, 1.807) is 0 Å². The van der Waals surface area contributed by atoms with Gasteiger partial charge in [-0.1, -0.05) is 43.3 Å². The second kappa shape index (κ2) is 13.8. The summed E-state index contributed by atoms with van der Waals surface area (Å²) in [5, 5.41) is 3.01. The lowest BCUT2D eigenvalue weighted by atomic mass is 10.2. The molecule has 30 heavy (non-hydrogen) atoms. The van der Waals surface area contributed by atoms with Gasteiger partial charge in [-0.2, -0.15) is 0 Å². The van der Waals surface area contributed by atoms with Crippen LogP contribution in [0.5, 0.6) is 5.75 Å². The van der Waals surface area contributed by atoms with Gasteiger partial charge in [0, 0.05) is 18.7 Å². The maximum atomic E-state index is 12.3. The van der Waals surface area contributed by atoms with E-state index in [0.717, 1.165) is 51.2 Å². The van der Waals surface area contributed by atoms with E-state index in [1.807, 2.05) is 24.3 Å². The Labute approximate surface area is 182 Å². The van der Waals surface area contributed by atoms with Crippen molar-refractivity contribution in [2.24, 2.45) is 0 Å². The molecule has 5 nitrogen and oxygen atoms in total. The second-order valence-electron chi connectivity index (χ2n) is 7.87. The maximum Gasteiger partial charge on any atom is 0.251 e. The van der Waals surface area contributed by atoms with Gasteiger partial charge in [0.2, 0.25) is 0 Å². The first kappa shape index (κ1) is 23.9. The molecule has 0 aromatic heterocycles. The monoisotopic (exact) mass is 411 g/mol. The van der Waals surface area contributed by atoms with Crippen molar-refractivity contribution in [3.63, 3.8) is 0 Å². The molecular weight excluding hydrogens is 374 g/mol. The van der Waals surface area contributed by atoms with E-state index in [9.17, 15) is 4.79 Å². The highest BCUT2D eigenvalue weighted by atomic mass is 16.5. The molecule has 0 spiro atoms. The number of carbonyl (C=O) groups is 1. The second-order valence-corrected chi connectivity index (χ2v) is 7.87. The third-order valence-corrected chi connectivity index (χ3v) is 4.95. The number of nitrogens with zero attached hydrogens (tertiary/aromatic N) is 2. The van der Waals surface area contributed by atoms with E-state index in [2.05, 4.69) is 66.5 Å². The zero-order valence-corrected chi connectivity index (χ0v) is 18.8. The summed E-state index contributed by atoms with van der Waals surface area (Å²) in [6, 6.07) is 18.0. The van der Waals surface area contributed by atoms with Crippen molar-refractivity contribution in [1.29, 1.82) is 0 Å². The summed E-state index contributed by atoms with van der Waals surface area (Å²) in [5.41, 5.74) is 2.00. The summed E-state index contributed by atoms with van der Waals surface area (Å²) >= 11 is 0. The van der Waals surface area contributed by atoms with Crippen LogP contribution in [0.25, 0.3) is 0 Å². The average molecular weight is 412 g/mol. The minimum Gasteiger partial charge on any atom is -0.494 e. The van der Waals surface area contributed by atoms with Crippen LogP contribution in [0.4, 0.5) is 0 Å². The molecule has 0 aliphatic rings. The summed E-state index contributed by atoms with van der Waals surface area (Å²) < 4.78 is 5.60. The lowest BCUT2D eigenvalue weighted by Crippen LogP contribution is -2.30. The first-order chi connectivity index (χ1) is 14.6. The van der Waals surface area contributed by atoms with Crippen LogP contribution in [0.1, 0.15) is 42.1 Å². The van der Waals surface area contributed by atoms with Gasteiger partial charge in [0.1, 0.15) is 5.75 Å². The first-order valence-corrected chi connectivity index (χ1v) is 11.0. The highest BCUT2D eigenvalue weighted by Crippen LogP contribution is 2.13. The molecule has 0 radical (unpaired) electrons. The molecule has 0 fully saturated rings. The lowest BCUT2D eigenvalue weighted by molar-refractivity contribution is 0.0951. The molecule has 0 atom stereocenters. The molecule has 164 valence electrons. The zero-order chi connectivity index (χ0) is 21.6. The van der Waals surface area contributed by atoms with Crippen molar-refractivity contribution < 1.29 is 9.53 Å². The Morgan fingerprint density at radius 1 is 0.933 bits per heavy atom. The Hall–Kier alpha value is -2.37. The Balaban J connectivity index is 1.57. The third-order valence-electron chi connectivity index (χ3n) is 4.95. The Morgan fingerprint density at radius 2 is 1.67 bits per heavy atom. The van der Waals surface area contributed by atoms with Crippen LogP contribution in [0, 0.1) is 0 Å². The molecule has 0 heterocycles. The van der Waals surface area contributed by atoms with Crippen LogP contribution in [0.3, 0.4) is 0 Å². The Bertz CT molecular complexity index is 736. The minimum atomic E-state index is -0.0397. The van der Waals surface area contributed by atoms with E-state index in [1.165, 1.54) is 5.56 Å². The molecule has 0 bridgehead atoms. The smallest absolute Gasteiger partial charge is 0.251 e. The predicted octanol–water partition coefficient (Wildman–Crippen LogP) is 4.05. The van der Waals surface area contributed by atoms with E-state index >= 15 is 0 Å². The number of rotatable bonds is 14. The fourth-order valence-electron chi connectivity index (χ4n) is 3.30. The van der Waals surface area contributed by atoms with Crippen LogP contribution >= 0.6 is 0 Å². The van der Waals surface area contributed by atoms with Crippen molar-refractivity contribution in [3.05, 3.63) is 65.7 Å². The molecular formula is C25H37N3O2. The summed E-state index contributed by atoms with van der Waals surface area (Å²) in [5.74, 6) is 0.712. The molecule has 0 unspecified atom stereocenters. The fourth-order valence-corrected chi connectivity index (χ4v) is 3.30. The number of benzene rings is 2. The summed E-state index contributed by atoms with van der Waals surface area (Å²) in [6.07, 6.45) is 3.03. The number of carbonyl (C=O) groups excluding carboxylic acids is 1. The van der Waals surface area contributed by atoms with Gasteiger partial charge in [-0.3, -0.25) is 4.79 Å². The standard InChI is InChI=1S/C25H37N3O2/c1-4-19-30-24-14-8-13-23(20-24)25(29)26-15-9-16-27(2)17-10-18-28(3)21-22-11-6-5-7-12-22/h5-8,11-14,20H,4,9-10,15-19,21H2,1-3H3,(H,26,29). The molecule has 2 aromatic rings. The Morgan fingerprint density at radius 3 is 2.43 bits per heavy atom. The third kappa shape index (κ3) is 9.42. The quantitative estimate of drug-likeness (QED) is 0.477. The highest BCUT2D eigenvalue weighted by molar-refractivity contribution is 5.94. The van der Waals surface area contributed by atoms with Gasteiger partial charge in [0.15, 0.2) is 0 Å². The number of hydrogen-bond acceptors (Lipinski definition) is 4. The number of hydrogen-bond donors (Lipinski definition) is 1. The molecule has 1 amide bonds. The fraction of sp³-hybridized carbons (Fsp3) is 0.480. The van der Waals surface area contributed by atoms with Gasteiger partial charge in [-0.15, -0.1) is 0 Å². The van der Waals surface area contributed by atoms with Crippen molar-refractivity contribution in [2.75, 3.05) is 46.9 Å². The molecule has 2 rings (SSSR count). The van der Waals surface area contributed by atoms with Crippen molar-refractivity contribution in [3.8, 4) is 5.75 Å². The normalized spacial score (nSPS) is 11.1. The van der Waals surface area contributed by atoms with Crippen LogP contribution in [-0.4, -0.2) is 62.6 Å². The van der Waals surface area contributed by atoms with Gasteiger partial charge in [-0.25, -0.2) is 0 Å². The van der Waals surface area contributed by atoms with Gasteiger partial charge >= 0.3 is 0 Å².